The summed E-state index contributed by atoms with van der Waals surface area (Å²) in [6.45, 7) is 5.73. The average molecular weight is 507 g/mol. The van der Waals surface area contributed by atoms with Gasteiger partial charge in [-0.1, -0.05) is 19.3 Å². The third kappa shape index (κ3) is 8.96. The van der Waals surface area contributed by atoms with E-state index in [-0.39, 0.29) is 12.1 Å². The fourth-order valence-electron chi connectivity index (χ4n) is 3.78. The molecule has 7 nitrogen and oxygen atoms in total. The lowest BCUT2D eigenvalue weighted by Gasteiger charge is -2.29. The van der Waals surface area contributed by atoms with E-state index >= 15 is 0 Å². The smallest absolute Gasteiger partial charge is 0.329 e. The van der Waals surface area contributed by atoms with Crippen LogP contribution in [0, 0.1) is 23.3 Å². The average Bonchev–Trinajstić information content (AvgIpc) is 2.76. The zero-order valence-corrected chi connectivity index (χ0v) is 20.4. The van der Waals surface area contributed by atoms with Gasteiger partial charge in [-0.15, -0.1) is 0 Å². The number of aliphatic hydroxyl groups is 1. The maximum Gasteiger partial charge on any atom is 0.329 e. The maximum atomic E-state index is 13.8. The molecule has 3 N–H and O–H groups in total. The highest BCUT2D eigenvalue weighted by atomic mass is 19.2. The summed E-state index contributed by atoms with van der Waals surface area (Å²) < 4.78 is 64.4. The lowest BCUT2D eigenvalue weighted by Crippen LogP contribution is -2.53. The molecular weight excluding hydrogens is 472 g/mol. The van der Waals surface area contributed by atoms with Crippen molar-refractivity contribution in [3.8, 4) is 5.75 Å². The van der Waals surface area contributed by atoms with Gasteiger partial charge < -0.3 is 25.2 Å². The van der Waals surface area contributed by atoms with Crippen molar-refractivity contribution >= 4 is 11.9 Å². The van der Waals surface area contributed by atoms with Gasteiger partial charge in [0, 0.05) is 18.5 Å². The number of esters is 1. The maximum absolute atomic E-state index is 13.8. The number of carbonyl (C=O) groups excluding carboxylic acids is 2. The van der Waals surface area contributed by atoms with E-state index in [2.05, 4.69) is 10.6 Å². The lowest BCUT2D eigenvalue weighted by atomic mass is 9.95. The quantitative estimate of drug-likeness (QED) is 0.255. The fourth-order valence-corrected chi connectivity index (χ4v) is 3.78. The van der Waals surface area contributed by atoms with Crippen molar-refractivity contribution in [2.75, 3.05) is 6.61 Å². The lowest BCUT2D eigenvalue weighted by molar-refractivity contribution is -0.159. The zero-order chi connectivity index (χ0) is 26.3. The predicted octanol–water partition coefficient (Wildman–Crippen LogP) is 3.51. The molecule has 2 rings (SSSR count). The standard InChI is InChI=1S/C24H34F4N2O5/c1-13(29-14-8-6-5-7-9-14)22(32)30-18(23(33)35-24(2,3)4)10-15(31)12-34-21-19(27)16(25)11-17(26)20(21)28/h11,13-15,18,29,31H,5-10,12H2,1-4H3,(H,30,32)/t13-,15?,18?/m0/s1. The molecule has 1 saturated carbocycles. The highest BCUT2D eigenvalue weighted by Crippen LogP contribution is 2.26. The van der Waals surface area contributed by atoms with Crippen molar-refractivity contribution in [1.82, 2.24) is 10.6 Å². The van der Waals surface area contributed by atoms with Gasteiger partial charge in [0.05, 0.1) is 12.1 Å². The summed E-state index contributed by atoms with van der Waals surface area (Å²) in [5.74, 6) is -9.48. The van der Waals surface area contributed by atoms with Crippen LogP contribution in [0.2, 0.25) is 0 Å². The summed E-state index contributed by atoms with van der Waals surface area (Å²) >= 11 is 0. The molecule has 0 aliphatic heterocycles. The number of rotatable bonds is 10. The normalized spacial score (nSPS) is 17.4. The van der Waals surface area contributed by atoms with E-state index < -0.39 is 77.7 Å². The Balaban J connectivity index is 2.05. The van der Waals surface area contributed by atoms with Gasteiger partial charge >= 0.3 is 5.97 Å². The van der Waals surface area contributed by atoms with E-state index in [0.29, 0.717) is 0 Å². The second kappa shape index (κ2) is 12.5. The molecule has 1 amide bonds. The minimum atomic E-state index is -1.75. The first-order valence-electron chi connectivity index (χ1n) is 11.7. The number of amides is 1. The van der Waals surface area contributed by atoms with Crippen molar-refractivity contribution < 1.29 is 41.7 Å². The number of hydrogen-bond donors (Lipinski definition) is 3. The van der Waals surface area contributed by atoms with Crippen molar-refractivity contribution in [2.24, 2.45) is 0 Å². The van der Waals surface area contributed by atoms with Crippen LogP contribution in [-0.4, -0.2) is 53.4 Å². The van der Waals surface area contributed by atoms with Gasteiger partial charge in [-0.3, -0.25) is 4.79 Å². The Morgan fingerprint density at radius 3 is 2.20 bits per heavy atom. The number of halogens is 4. The third-order valence-corrected chi connectivity index (χ3v) is 5.49. The van der Waals surface area contributed by atoms with Crippen LogP contribution in [0.15, 0.2) is 6.07 Å². The van der Waals surface area contributed by atoms with Crippen molar-refractivity contribution in [3.05, 3.63) is 29.3 Å². The van der Waals surface area contributed by atoms with Crippen LogP contribution in [0.4, 0.5) is 17.6 Å². The first kappa shape index (κ1) is 28.8. The SMILES string of the molecule is C[C@H](NC1CCCCC1)C(=O)NC(CC(O)COc1c(F)c(F)cc(F)c1F)C(=O)OC(C)(C)C. The molecule has 11 heteroatoms. The van der Waals surface area contributed by atoms with Gasteiger partial charge in [-0.05, 0) is 40.5 Å². The summed E-state index contributed by atoms with van der Waals surface area (Å²) in [4.78, 5) is 25.4. The van der Waals surface area contributed by atoms with E-state index in [1.54, 1.807) is 27.7 Å². The Labute approximate surface area is 202 Å². The van der Waals surface area contributed by atoms with Crippen LogP contribution in [0.25, 0.3) is 0 Å². The second-order valence-corrected chi connectivity index (χ2v) is 9.82. The van der Waals surface area contributed by atoms with Gasteiger partial charge in [0.15, 0.2) is 17.4 Å². The third-order valence-electron chi connectivity index (χ3n) is 5.49. The Kier molecular flexibility index (Phi) is 10.3. The van der Waals surface area contributed by atoms with E-state index in [1.165, 1.54) is 0 Å². The predicted molar refractivity (Wildman–Crippen MR) is 120 cm³/mol. The van der Waals surface area contributed by atoms with E-state index in [4.69, 9.17) is 9.47 Å². The van der Waals surface area contributed by atoms with E-state index in [1.807, 2.05) is 0 Å². The van der Waals surface area contributed by atoms with Crippen LogP contribution in [0.1, 0.15) is 66.2 Å². The molecule has 198 valence electrons. The van der Waals surface area contributed by atoms with Crippen LogP contribution in [-0.2, 0) is 14.3 Å². The topological polar surface area (TPSA) is 96.9 Å². The molecule has 3 atom stereocenters. The molecule has 0 spiro atoms. The van der Waals surface area contributed by atoms with Gasteiger partial charge in [-0.25, -0.2) is 13.6 Å². The van der Waals surface area contributed by atoms with Crippen LogP contribution in [0.3, 0.4) is 0 Å². The van der Waals surface area contributed by atoms with E-state index in [0.717, 1.165) is 32.1 Å². The Morgan fingerprint density at radius 1 is 1.09 bits per heavy atom. The number of aliphatic hydroxyl groups excluding tert-OH is 1. The van der Waals surface area contributed by atoms with Crippen molar-refractivity contribution in [3.63, 3.8) is 0 Å². The van der Waals surface area contributed by atoms with Crippen LogP contribution < -0.4 is 15.4 Å². The first-order valence-corrected chi connectivity index (χ1v) is 11.7. The molecule has 0 radical (unpaired) electrons. The van der Waals surface area contributed by atoms with Crippen LogP contribution >= 0.6 is 0 Å². The van der Waals surface area contributed by atoms with E-state index in [9.17, 15) is 32.3 Å². The second-order valence-electron chi connectivity index (χ2n) is 9.82. The number of benzene rings is 1. The molecule has 0 bridgehead atoms. The highest BCUT2D eigenvalue weighted by molar-refractivity contribution is 5.87. The summed E-state index contributed by atoms with van der Waals surface area (Å²) in [5.41, 5.74) is -0.890. The van der Waals surface area contributed by atoms with Gasteiger partial charge in [-0.2, -0.15) is 8.78 Å². The van der Waals surface area contributed by atoms with Gasteiger partial charge in [0.2, 0.25) is 17.5 Å². The monoisotopic (exact) mass is 506 g/mol. The minimum absolute atomic E-state index is 0.0323. The molecule has 1 aromatic rings. The number of ether oxygens (including phenoxy) is 2. The minimum Gasteiger partial charge on any atom is -0.485 e. The summed E-state index contributed by atoms with van der Waals surface area (Å²) in [5, 5.41) is 16.1. The Hall–Kier alpha value is -2.40. The first-order chi connectivity index (χ1) is 16.3. The molecule has 0 heterocycles. The molecular formula is C24H34F4N2O5. The summed E-state index contributed by atoms with van der Waals surface area (Å²) in [6.07, 6.45) is 3.19. The molecule has 35 heavy (non-hydrogen) atoms. The Bertz CT molecular complexity index is 861. The Morgan fingerprint density at radius 2 is 1.66 bits per heavy atom. The molecule has 1 aromatic carbocycles. The largest absolute Gasteiger partial charge is 0.485 e. The van der Waals surface area contributed by atoms with Crippen molar-refractivity contribution in [2.45, 2.75) is 96.1 Å². The molecule has 1 aliphatic rings. The molecule has 1 fully saturated rings. The molecule has 2 unspecified atom stereocenters. The fraction of sp³-hybridized carbons (Fsp3) is 0.667. The zero-order valence-electron chi connectivity index (χ0n) is 20.4. The molecule has 1 aliphatic carbocycles. The molecule has 0 aromatic heterocycles. The van der Waals surface area contributed by atoms with Gasteiger partial charge in [0.25, 0.3) is 0 Å². The highest BCUT2D eigenvalue weighted by Gasteiger charge is 2.31. The number of nitrogens with one attached hydrogen (secondary N) is 2. The summed E-state index contributed by atoms with van der Waals surface area (Å²) in [6, 6.07) is -1.73. The summed E-state index contributed by atoms with van der Waals surface area (Å²) in [7, 11) is 0. The van der Waals surface area contributed by atoms with Gasteiger partial charge in [0.1, 0.15) is 18.2 Å². The molecule has 0 saturated heterocycles. The van der Waals surface area contributed by atoms with Crippen molar-refractivity contribution in [1.29, 1.82) is 0 Å². The van der Waals surface area contributed by atoms with Crippen LogP contribution in [0.5, 0.6) is 5.75 Å². The number of carbonyl (C=O) groups is 2. The number of hydrogen-bond acceptors (Lipinski definition) is 6.